The van der Waals surface area contributed by atoms with Crippen molar-refractivity contribution in [2.24, 2.45) is 34.5 Å². The Morgan fingerprint density at radius 3 is 2.23 bits per heavy atom. The van der Waals surface area contributed by atoms with Gasteiger partial charge in [-0.2, -0.15) is 0 Å². The lowest BCUT2D eigenvalue weighted by Gasteiger charge is -2.70. The second-order valence-corrected chi connectivity index (χ2v) is 12.1. The fourth-order valence-corrected chi connectivity index (χ4v) is 11.0. The first kappa shape index (κ1) is 24.9. The zero-order chi connectivity index (χ0) is 25.3. The first-order valence-electron chi connectivity index (χ1n) is 12.9. The Bertz CT molecular complexity index is 878. The standard InChI is InChI=1S/C25H41NO9/c1-6-26-9-22(10-32-2)12(27)7-13(33-3)24-11-8-23(30)19(28)14(11)25(31,20(29)21(23)35-5)15(18(24)26)16(34-4)17(22)24/h11-21,27-31H,6-10H2,1-5H3/t11-,12?,13+,14?,15?,16+,17?,18-,19-,20+,21+,22+,23+,24?,25-/m1/s1. The van der Waals surface area contributed by atoms with E-state index in [2.05, 4.69) is 11.8 Å². The van der Waals surface area contributed by atoms with Crippen molar-refractivity contribution in [1.29, 1.82) is 0 Å². The highest BCUT2D eigenvalue weighted by molar-refractivity contribution is 5.39. The molecule has 7 bridgehead atoms. The highest BCUT2D eigenvalue weighted by atomic mass is 16.5. The summed E-state index contributed by atoms with van der Waals surface area (Å²) in [5, 5.41) is 59.3. The van der Waals surface area contributed by atoms with Gasteiger partial charge in [0.25, 0.3) is 0 Å². The van der Waals surface area contributed by atoms with E-state index in [4.69, 9.17) is 18.9 Å². The fourth-order valence-electron chi connectivity index (χ4n) is 11.0. The summed E-state index contributed by atoms with van der Waals surface area (Å²) in [5.74, 6) is -2.04. The molecule has 10 nitrogen and oxygen atoms in total. The molecule has 35 heavy (non-hydrogen) atoms. The van der Waals surface area contributed by atoms with Crippen LogP contribution in [-0.4, -0.2) is 132 Å². The first-order chi connectivity index (χ1) is 16.6. The number of nitrogens with zero attached hydrogens (tertiary/aromatic N) is 1. The summed E-state index contributed by atoms with van der Waals surface area (Å²) in [6, 6.07) is -0.240. The van der Waals surface area contributed by atoms with Crippen molar-refractivity contribution < 1.29 is 44.5 Å². The van der Waals surface area contributed by atoms with Gasteiger partial charge in [0.05, 0.1) is 31.0 Å². The highest BCUT2D eigenvalue weighted by Gasteiger charge is 2.90. The quantitative estimate of drug-likeness (QED) is 0.285. The van der Waals surface area contributed by atoms with Crippen LogP contribution in [0.15, 0.2) is 0 Å². The van der Waals surface area contributed by atoms with E-state index in [1.807, 2.05) is 0 Å². The van der Waals surface area contributed by atoms with Crippen LogP contribution in [0.25, 0.3) is 0 Å². The zero-order valence-corrected chi connectivity index (χ0v) is 21.2. The molecule has 6 aliphatic rings. The molecule has 0 amide bonds. The number of ether oxygens (including phenoxy) is 4. The Kier molecular flexibility index (Phi) is 5.40. The van der Waals surface area contributed by atoms with Gasteiger partial charge in [-0.25, -0.2) is 0 Å². The molecule has 0 aromatic rings. The van der Waals surface area contributed by atoms with Crippen molar-refractivity contribution in [2.75, 3.05) is 48.1 Å². The second-order valence-electron chi connectivity index (χ2n) is 12.1. The smallest absolute Gasteiger partial charge is 0.120 e. The van der Waals surface area contributed by atoms with Crippen LogP contribution in [-0.2, 0) is 18.9 Å². The van der Waals surface area contributed by atoms with Gasteiger partial charge in [0.1, 0.15) is 23.4 Å². The molecule has 6 fully saturated rings. The third-order valence-corrected chi connectivity index (χ3v) is 11.7. The minimum absolute atomic E-state index is 0.156. The molecule has 6 rings (SSSR count). The lowest BCUT2D eigenvalue weighted by Crippen LogP contribution is -2.81. The molecule has 0 aromatic carbocycles. The van der Waals surface area contributed by atoms with Crippen LogP contribution in [0.2, 0.25) is 0 Å². The average molecular weight is 500 g/mol. The van der Waals surface area contributed by atoms with E-state index in [0.29, 0.717) is 26.1 Å². The maximum atomic E-state index is 12.6. The predicted octanol–water partition coefficient (Wildman–Crippen LogP) is -1.79. The Morgan fingerprint density at radius 2 is 1.66 bits per heavy atom. The van der Waals surface area contributed by atoms with Gasteiger partial charge in [0.15, 0.2) is 0 Å². The van der Waals surface area contributed by atoms with Crippen molar-refractivity contribution in [2.45, 2.75) is 73.6 Å². The van der Waals surface area contributed by atoms with Crippen molar-refractivity contribution in [3.8, 4) is 0 Å². The third kappa shape index (κ3) is 2.35. The van der Waals surface area contributed by atoms with Gasteiger partial charge in [-0.3, -0.25) is 4.90 Å². The zero-order valence-electron chi connectivity index (χ0n) is 21.2. The molecule has 5 unspecified atom stereocenters. The summed E-state index contributed by atoms with van der Waals surface area (Å²) in [4.78, 5) is 2.29. The predicted molar refractivity (Wildman–Crippen MR) is 121 cm³/mol. The largest absolute Gasteiger partial charge is 0.392 e. The summed E-state index contributed by atoms with van der Waals surface area (Å²) in [5.41, 5.74) is -4.81. The van der Waals surface area contributed by atoms with Crippen LogP contribution in [0.5, 0.6) is 0 Å². The van der Waals surface area contributed by atoms with Crippen LogP contribution in [0.1, 0.15) is 19.8 Å². The number of hydrogen-bond acceptors (Lipinski definition) is 10. The van der Waals surface area contributed by atoms with E-state index in [-0.39, 0.29) is 18.4 Å². The van der Waals surface area contributed by atoms with Crippen molar-refractivity contribution in [1.82, 2.24) is 4.90 Å². The first-order valence-corrected chi connectivity index (χ1v) is 12.9. The molecular weight excluding hydrogens is 458 g/mol. The number of rotatable bonds is 6. The van der Waals surface area contributed by atoms with Crippen molar-refractivity contribution >= 4 is 0 Å². The van der Waals surface area contributed by atoms with Crippen LogP contribution >= 0.6 is 0 Å². The molecule has 200 valence electrons. The maximum absolute atomic E-state index is 12.6. The van der Waals surface area contributed by atoms with Gasteiger partial charge in [0, 0.05) is 76.0 Å². The van der Waals surface area contributed by atoms with Crippen LogP contribution in [0.3, 0.4) is 0 Å². The van der Waals surface area contributed by atoms with Gasteiger partial charge < -0.3 is 44.5 Å². The summed E-state index contributed by atoms with van der Waals surface area (Å²) in [6.45, 7) is 3.58. The monoisotopic (exact) mass is 499 g/mol. The maximum Gasteiger partial charge on any atom is 0.120 e. The van der Waals surface area contributed by atoms with Crippen LogP contribution < -0.4 is 0 Å². The topological polar surface area (TPSA) is 141 Å². The van der Waals surface area contributed by atoms with E-state index < -0.39 is 76.4 Å². The summed E-state index contributed by atoms with van der Waals surface area (Å²) >= 11 is 0. The van der Waals surface area contributed by atoms with Gasteiger partial charge >= 0.3 is 0 Å². The van der Waals surface area contributed by atoms with Crippen molar-refractivity contribution in [3.63, 3.8) is 0 Å². The van der Waals surface area contributed by atoms with E-state index in [0.717, 1.165) is 0 Å². The number of hydrogen-bond donors (Lipinski definition) is 5. The molecular formula is C25H41NO9. The van der Waals surface area contributed by atoms with E-state index in [9.17, 15) is 25.5 Å². The summed E-state index contributed by atoms with van der Waals surface area (Å²) in [6.07, 6.45) is -4.95. The molecule has 1 spiro atoms. The highest BCUT2D eigenvalue weighted by Crippen LogP contribution is 2.79. The number of methoxy groups -OCH3 is 4. The van der Waals surface area contributed by atoms with Gasteiger partial charge in [-0.15, -0.1) is 0 Å². The Morgan fingerprint density at radius 1 is 0.943 bits per heavy atom. The summed E-state index contributed by atoms with van der Waals surface area (Å²) < 4.78 is 23.7. The lowest BCUT2D eigenvalue weighted by molar-refractivity contribution is -0.320. The molecule has 1 saturated heterocycles. The molecule has 0 aromatic heterocycles. The van der Waals surface area contributed by atoms with Crippen LogP contribution in [0.4, 0.5) is 0 Å². The third-order valence-electron chi connectivity index (χ3n) is 11.7. The van der Waals surface area contributed by atoms with Gasteiger partial charge in [0.2, 0.25) is 0 Å². The van der Waals surface area contributed by atoms with Gasteiger partial charge in [-0.1, -0.05) is 6.92 Å². The Hall–Kier alpha value is -0.400. The SMILES string of the molecule is CCN1C[C@]2(COC)C(O)C[C@H](OC)C34C2[C@@H](OC)C([C@@H]13)[C@]1(O)C2[C@H]4C[C@](O)([C@@H]2O)[C@@H](OC)[C@@H]1O. The van der Waals surface area contributed by atoms with E-state index in [1.165, 1.54) is 7.11 Å². The Balaban J connectivity index is 1.68. The van der Waals surface area contributed by atoms with E-state index >= 15 is 0 Å². The minimum Gasteiger partial charge on any atom is -0.392 e. The molecule has 15 atom stereocenters. The number of aliphatic hydroxyl groups is 5. The molecule has 5 N–H and O–H groups in total. The molecule has 0 radical (unpaired) electrons. The second kappa shape index (κ2) is 7.59. The fraction of sp³-hybridized carbons (Fsp3) is 1.00. The number of fused-ring (bicyclic) bond motifs is 2. The van der Waals surface area contributed by atoms with Crippen molar-refractivity contribution in [3.05, 3.63) is 0 Å². The molecule has 10 heteroatoms. The molecule has 1 aliphatic heterocycles. The number of likely N-dealkylation sites (tertiary alicyclic amines) is 1. The molecule has 5 saturated carbocycles. The number of aliphatic hydroxyl groups excluding tert-OH is 3. The van der Waals surface area contributed by atoms with Gasteiger partial charge in [-0.05, 0) is 18.9 Å². The number of piperidine rings is 1. The normalized spacial score (nSPS) is 62.4. The molecule has 1 heterocycles. The Labute approximate surface area is 206 Å². The average Bonchev–Trinajstić information content (AvgIpc) is 3.19. The van der Waals surface area contributed by atoms with E-state index in [1.54, 1.807) is 21.3 Å². The minimum atomic E-state index is -1.76. The summed E-state index contributed by atoms with van der Waals surface area (Å²) in [7, 11) is 6.29. The lowest BCUT2D eigenvalue weighted by atomic mass is 9.42. The molecule has 5 aliphatic carbocycles. The van der Waals surface area contributed by atoms with Crippen LogP contribution in [0, 0.1) is 34.5 Å².